The van der Waals surface area contributed by atoms with Crippen LogP contribution in [0.3, 0.4) is 0 Å². The molecule has 8 nitrogen and oxygen atoms in total. The summed E-state index contributed by atoms with van der Waals surface area (Å²) in [6.07, 6.45) is 1.67. The van der Waals surface area contributed by atoms with E-state index in [0.29, 0.717) is 43.2 Å². The molecule has 0 bridgehead atoms. The molecular weight excluding hydrogens is 475 g/mol. The van der Waals surface area contributed by atoms with Gasteiger partial charge in [0.2, 0.25) is 5.82 Å². The second-order valence-corrected chi connectivity index (χ2v) is 7.94. The summed E-state index contributed by atoms with van der Waals surface area (Å²) in [6, 6.07) is 11.2. The molecule has 0 aliphatic carbocycles. The van der Waals surface area contributed by atoms with Crippen molar-refractivity contribution in [3.05, 3.63) is 78.2 Å². The standard InChI is InChI=1S/C25H20F3N5O3/c26-15-2-1-3-16(10-15)30-25(34)31-17-11-19(27)24(28)22(12-17)36-18-4-5-20-21(13-18)32-23(14-29-20)33-6-8-35-9-7-33/h1-5,10-14H,6-9H2,(H2,30,31,34). The van der Waals surface area contributed by atoms with Crippen molar-refractivity contribution in [3.8, 4) is 11.5 Å². The van der Waals surface area contributed by atoms with E-state index in [0.717, 1.165) is 18.2 Å². The third-order valence-corrected chi connectivity index (χ3v) is 5.40. The van der Waals surface area contributed by atoms with Gasteiger partial charge in [0.1, 0.15) is 17.4 Å². The Morgan fingerprint density at radius 1 is 0.944 bits per heavy atom. The van der Waals surface area contributed by atoms with Gasteiger partial charge in [-0.3, -0.25) is 4.98 Å². The molecular formula is C25H20F3N5O3. The summed E-state index contributed by atoms with van der Waals surface area (Å²) < 4.78 is 53.1. The van der Waals surface area contributed by atoms with E-state index in [4.69, 9.17) is 9.47 Å². The zero-order chi connectivity index (χ0) is 25.1. The number of hydrogen-bond acceptors (Lipinski definition) is 6. The summed E-state index contributed by atoms with van der Waals surface area (Å²) in [5.74, 6) is -2.53. The van der Waals surface area contributed by atoms with Crippen LogP contribution < -0.4 is 20.3 Å². The van der Waals surface area contributed by atoms with Crippen LogP contribution >= 0.6 is 0 Å². The Balaban J connectivity index is 1.35. The monoisotopic (exact) mass is 495 g/mol. The minimum absolute atomic E-state index is 0.0620. The SMILES string of the molecule is O=C(Nc1cccc(F)c1)Nc1cc(F)c(F)c(Oc2ccc3ncc(N4CCOCC4)nc3c2)c1. The van der Waals surface area contributed by atoms with Gasteiger partial charge in [0.05, 0.1) is 30.4 Å². The molecule has 4 aromatic rings. The van der Waals surface area contributed by atoms with Crippen molar-refractivity contribution in [1.29, 1.82) is 0 Å². The molecule has 184 valence electrons. The van der Waals surface area contributed by atoms with E-state index in [-0.39, 0.29) is 17.1 Å². The van der Waals surface area contributed by atoms with E-state index in [1.54, 1.807) is 24.4 Å². The van der Waals surface area contributed by atoms with Gasteiger partial charge < -0.3 is 25.0 Å². The van der Waals surface area contributed by atoms with E-state index in [9.17, 15) is 18.0 Å². The normalized spacial score (nSPS) is 13.5. The smallest absolute Gasteiger partial charge is 0.323 e. The number of morpholine rings is 1. The number of nitrogens with one attached hydrogen (secondary N) is 2. The van der Waals surface area contributed by atoms with Crippen LogP contribution in [0.25, 0.3) is 11.0 Å². The van der Waals surface area contributed by atoms with Crippen molar-refractivity contribution < 1.29 is 27.4 Å². The fraction of sp³-hybridized carbons (Fsp3) is 0.160. The van der Waals surface area contributed by atoms with E-state index >= 15 is 0 Å². The summed E-state index contributed by atoms with van der Waals surface area (Å²) in [7, 11) is 0. The lowest BCUT2D eigenvalue weighted by atomic mass is 10.2. The molecule has 0 spiro atoms. The molecule has 1 aromatic heterocycles. The molecule has 36 heavy (non-hydrogen) atoms. The first-order valence-corrected chi connectivity index (χ1v) is 11.0. The summed E-state index contributed by atoms with van der Waals surface area (Å²) in [6.45, 7) is 2.57. The fourth-order valence-electron chi connectivity index (χ4n) is 3.69. The number of ether oxygens (including phenoxy) is 2. The molecule has 5 rings (SSSR count). The van der Waals surface area contributed by atoms with E-state index < -0.39 is 29.2 Å². The molecule has 0 unspecified atom stereocenters. The summed E-state index contributed by atoms with van der Waals surface area (Å²) >= 11 is 0. The molecule has 1 aliphatic heterocycles. The lowest BCUT2D eigenvalue weighted by Gasteiger charge is -2.27. The predicted molar refractivity (Wildman–Crippen MR) is 128 cm³/mol. The van der Waals surface area contributed by atoms with Crippen LogP contribution in [0.4, 0.5) is 35.2 Å². The lowest BCUT2D eigenvalue weighted by molar-refractivity contribution is 0.122. The second kappa shape index (κ2) is 10.1. The number of nitrogens with zero attached hydrogens (tertiary/aromatic N) is 3. The average molecular weight is 495 g/mol. The maximum atomic E-state index is 14.5. The van der Waals surface area contributed by atoms with Gasteiger partial charge in [-0.25, -0.2) is 18.6 Å². The molecule has 1 saturated heterocycles. The average Bonchev–Trinajstić information content (AvgIpc) is 2.87. The van der Waals surface area contributed by atoms with Crippen LogP contribution in [0.5, 0.6) is 11.5 Å². The highest BCUT2D eigenvalue weighted by Gasteiger charge is 2.17. The number of halogens is 3. The molecule has 0 saturated carbocycles. The van der Waals surface area contributed by atoms with Gasteiger partial charge in [0.25, 0.3) is 0 Å². The van der Waals surface area contributed by atoms with Gasteiger partial charge in [-0.2, -0.15) is 4.39 Å². The molecule has 2 heterocycles. The molecule has 0 atom stereocenters. The van der Waals surface area contributed by atoms with Crippen LogP contribution in [-0.2, 0) is 4.74 Å². The number of amides is 2. The van der Waals surface area contributed by atoms with Gasteiger partial charge in [-0.1, -0.05) is 6.07 Å². The van der Waals surface area contributed by atoms with Crippen molar-refractivity contribution >= 4 is 34.3 Å². The van der Waals surface area contributed by atoms with Crippen LogP contribution in [0, 0.1) is 17.5 Å². The van der Waals surface area contributed by atoms with Crippen molar-refractivity contribution in [2.45, 2.75) is 0 Å². The zero-order valence-electron chi connectivity index (χ0n) is 18.8. The predicted octanol–water partition coefficient (Wildman–Crippen LogP) is 5.32. The number of carbonyl (C=O) groups is 1. The number of benzene rings is 3. The lowest BCUT2D eigenvalue weighted by Crippen LogP contribution is -2.36. The summed E-state index contributed by atoms with van der Waals surface area (Å²) in [4.78, 5) is 23.3. The Bertz CT molecular complexity index is 1430. The second-order valence-electron chi connectivity index (χ2n) is 7.94. The summed E-state index contributed by atoms with van der Waals surface area (Å²) in [5, 5.41) is 4.79. The number of carbonyl (C=O) groups excluding carboxylic acids is 1. The van der Waals surface area contributed by atoms with Crippen LogP contribution in [0.2, 0.25) is 0 Å². The Labute approximate surface area is 203 Å². The molecule has 0 radical (unpaired) electrons. The Hall–Kier alpha value is -4.38. The first kappa shape index (κ1) is 23.4. The number of rotatable bonds is 5. The van der Waals surface area contributed by atoms with Crippen molar-refractivity contribution in [1.82, 2.24) is 9.97 Å². The van der Waals surface area contributed by atoms with E-state index in [2.05, 4.69) is 20.6 Å². The quantitative estimate of drug-likeness (QED) is 0.390. The van der Waals surface area contributed by atoms with Crippen LogP contribution in [-0.4, -0.2) is 42.3 Å². The van der Waals surface area contributed by atoms with Gasteiger partial charge in [-0.05, 0) is 30.3 Å². The number of urea groups is 1. The van der Waals surface area contributed by atoms with Gasteiger partial charge >= 0.3 is 6.03 Å². The maximum Gasteiger partial charge on any atom is 0.323 e. The minimum atomic E-state index is -1.22. The highest BCUT2D eigenvalue weighted by molar-refractivity contribution is 5.99. The Morgan fingerprint density at radius 2 is 1.75 bits per heavy atom. The topological polar surface area (TPSA) is 88.6 Å². The van der Waals surface area contributed by atoms with Gasteiger partial charge in [0, 0.05) is 42.7 Å². The minimum Gasteiger partial charge on any atom is -0.454 e. The summed E-state index contributed by atoms with van der Waals surface area (Å²) in [5.41, 5.74) is 1.25. The number of fused-ring (bicyclic) bond motifs is 1. The Kier molecular flexibility index (Phi) is 6.54. The number of aromatic nitrogens is 2. The van der Waals surface area contributed by atoms with Gasteiger partial charge in [-0.15, -0.1) is 0 Å². The first-order valence-electron chi connectivity index (χ1n) is 11.0. The third-order valence-electron chi connectivity index (χ3n) is 5.40. The number of hydrogen-bond donors (Lipinski definition) is 2. The molecule has 3 aromatic carbocycles. The van der Waals surface area contributed by atoms with Crippen molar-refractivity contribution in [2.75, 3.05) is 41.8 Å². The van der Waals surface area contributed by atoms with Crippen molar-refractivity contribution in [2.24, 2.45) is 0 Å². The van der Waals surface area contributed by atoms with Crippen LogP contribution in [0.15, 0.2) is 60.8 Å². The largest absolute Gasteiger partial charge is 0.454 e. The third kappa shape index (κ3) is 5.31. The van der Waals surface area contributed by atoms with Crippen molar-refractivity contribution in [3.63, 3.8) is 0 Å². The Morgan fingerprint density at radius 3 is 2.56 bits per heavy atom. The highest BCUT2D eigenvalue weighted by atomic mass is 19.2. The van der Waals surface area contributed by atoms with E-state index in [1.807, 2.05) is 4.90 Å². The highest BCUT2D eigenvalue weighted by Crippen LogP contribution is 2.31. The van der Waals surface area contributed by atoms with Crippen LogP contribution in [0.1, 0.15) is 0 Å². The maximum absolute atomic E-state index is 14.5. The van der Waals surface area contributed by atoms with E-state index in [1.165, 1.54) is 18.2 Å². The van der Waals surface area contributed by atoms with Gasteiger partial charge in [0.15, 0.2) is 11.6 Å². The molecule has 1 fully saturated rings. The molecule has 2 N–H and O–H groups in total. The number of anilines is 3. The molecule has 11 heteroatoms. The fourth-order valence-corrected chi connectivity index (χ4v) is 3.69. The first-order chi connectivity index (χ1) is 17.4. The molecule has 1 aliphatic rings. The molecule has 2 amide bonds. The zero-order valence-corrected chi connectivity index (χ0v) is 18.8.